The van der Waals surface area contributed by atoms with Crippen LogP contribution < -0.4 is 0 Å². The molecule has 0 bridgehead atoms. The Bertz CT molecular complexity index is 1200. The predicted octanol–water partition coefficient (Wildman–Crippen LogP) is 7.49. The Morgan fingerprint density at radius 3 is 1.93 bits per heavy atom. The standard InChI is InChI=1S/C27H46O.6CN.Fe/c1-18(2)7-6-8-19(3)23-11-12-24-22-10-9-20-17-21(28)13-15-26(20,4)25(22)14-16-27(23,24)5;6*1-2;/h9,18-19,21-25,28H,6-8,10-17H2,1-5H3;;;;;;;/t19-,21?,22?,23-,24?,25?,26+,27-;;;;;;;/m1......./s1. The van der Waals surface area contributed by atoms with Gasteiger partial charge in [-0.3, -0.25) is 0 Å². The molecular formula is C33H46FeN6O. The number of aliphatic hydroxyl groups excluding tert-OH is 1. The van der Waals surface area contributed by atoms with Crippen molar-refractivity contribution in [2.45, 2.75) is 111 Å². The van der Waals surface area contributed by atoms with Crippen LogP contribution in [0.2, 0.25) is 0 Å². The summed E-state index contributed by atoms with van der Waals surface area (Å²) in [5.74, 6) is 5.46. The molecule has 3 saturated carbocycles. The number of nitrogens with zero attached hydrogens (tertiary/aromatic N) is 6. The molecule has 4 unspecified atom stereocenters. The first-order chi connectivity index (χ1) is 19.2. The van der Waals surface area contributed by atoms with Gasteiger partial charge in [0.1, 0.15) is 0 Å². The summed E-state index contributed by atoms with van der Waals surface area (Å²) in [4.78, 5) is 6.19. The summed E-state index contributed by atoms with van der Waals surface area (Å²) in [7, 11) is -6.17. The summed E-state index contributed by atoms with van der Waals surface area (Å²) in [6.07, 6.45) is 17.2. The first-order valence-corrected chi connectivity index (χ1v) is 18.3. The zero-order valence-electron chi connectivity index (χ0n) is 25.4. The fraction of sp³-hybridized carbons (Fsp3) is 0.758. The second kappa shape index (κ2) is 11.1. The number of hydrogen-bond acceptors (Lipinski definition) is 7. The van der Waals surface area contributed by atoms with Gasteiger partial charge in [-0.25, -0.2) is 0 Å². The van der Waals surface area contributed by atoms with Gasteiger partial charge >= 0.3 is 72.1 Å². The number of nitriles is 6. The van der Waals surface area contributed by atoms with Gasteiger partial charge in [0, 0.05) is 0 Å². The number of rotatable bonds is 5. The van der Waals surface area contributed by atoms with Crippen molar-refractivity contribution in [1.82, 2.24) is 0 Å². The SMILES string of the molecule is CC(C)CCC[C@@H](C)[C@H]1CCC2C3CC=C4CC(O)CC[C@]4(C)C3CC[C@@]21C.N#[C][Fe]([C]#N)([C]#N)([C]#N)([C]#N)[C]#N. The van der Waals surface area contributed by atoms with Crippen LogP contribution in [0, 0.1) is 108 Å². The Hall–Kier alpha value is -2.84. The monoisotopic (exact) mass is 598 g/mol. The average Bonchev–Trinajstić information content (AvgIpc) is 3.34. The van der Waals surface area contributed by atoms with E-state index in [0.717, 1.165) is 78.2 Å². The maximum atomic E-state index is 10.2. The summed E-state index contributed by atoms with van der Waals surface area (Å²) < 4.78 is 0. The normalized spacial score (nSPS) is 36.0. The molecule has 41 heavy (non-hydrogen) atoms. The van der Waals surface area contributed by atoms with E-state index in [9.17, 15) is 5.11 Å². The number of aliphatic hydroxyl groups is 1. The molecule has 8 heteroatoms. The molecule has 0 amide bonds. The third-order valence-corrected chi connectivity index (χ3v) is 15.2. The number of fused-ring (bicyclic) bond motifs is 5. The molecule has 0 heterocycles. The van der Waals surface area contributed by atoms with Crippen LogP contribution in [-0.4, -0.2) is 11.2 Å². The van der Waals surface area contributed by atoms with Crippen molar-refractivity contribution in [2.24, 2.45) is 46.3 Å². The van der Waals surface area contributed by atoms with E-state index in [2.05, 4.69) is 40.7 Å². The van der Waals surface area contributed by atoms with E-state index in [4.69, 9.17) is 31.6 Å². The molecule has 0 aromatic heterocycles. The van der Waals surface area contributed by atoms with E-state index in [-0.39, 0.29) is 6.10 Å². The van der Waals surface area contributed by atoms with Crippen LogP contribution >= 0.6 is 0 Å². The first-order valence-electron chi connectivity index (χ1n) is 15.0. The quantitative estimate of drug-likeness (QED) is 0.253. The Morgan fingerprint density at radius 1 is 0.829 bits per heavy atom. The molecular weight excluding hydrogens is 552 g/mol. The molecule has 0 radical (unpaired) electrons. The van der Waals surface area contributed by atoms with Gasteiger partial charge in [0.2, 0.25) is 0 Å². The van der Waals surface area contributed by atoms with Gasteiger partial charge in [-0.05, 0) is 97.7 Å². The third-order valence-electron chi connectivity index (χ3n) is 11.5. The summed E-state index contributed by atoms with van der Waals surface area (Å²) in [5.41, 5.74) is 2.60. The number of allylic oxidation sites excluding steroid dienone is 1. The van der Waals surface area contributed by atoms with Gasteiger partial charge in [0.25, 0.3) is 0 Å². The van der Waals surface area contributed by atoms with Crippen molar-refractivity contribution in [1.29, 1.82) is 31.6 Å². The van der Waals surface area contributed by atoms with Crippen molar-refractivity contribution in [3.63, 3.8) is 0 Å². The second-order valence-corrected chi connectivity index (χ2v) is 19.6. The van der Waals surface area contributed by atoms with Crippen molar-refractivity contribution >= 4 is 0 Å². The summed E-state index contributed by atoms with van der Waals surface area (Å²) in [5, 5.41) is 61.7. The molecule has 0 saturated heterocycles. The Balaban J connectivity index is 0.000000302. The number of hydrogen-bond donors (Lipinski definition) is 1. The maximum absolute atomic E-state index is 10.2. The predicted molar refractivity (Wildman–Crippen MR) is 153 cm³/mol. The zero-order chi connectivity index (χ0) is 30.8. The van der Waals surface area contributed by atoms with Crippen LogP contribution in [0.15, 0.2) is 11.6 Å². The van der Waals surface area contributed by atoms with Gasteiger partial charge in [-0.1, -0.05) is 65.5 Å². The fourth-order valence-corrected chi connectivity index (χ4v) is 9.76. The van der Waals surface area contributed by atoms with Crippen LogP contribution in [-0.2, 0) is 10.7 Å². The molecule has 8 atom stereocenters. The minimum absolute atomic E-state index is 0.0766. The van der Waals surface area contributed by atoms with Crippen LogP contribution in [0.1, 0.15) is 105 Å². The van der Waals surface area contributed by atoms with E-state index < -0.39 is 10.7 Å². The van der Waals surface area contributed by atoms with Crippen LogP contribution in [0.25, 0.3) is 0 Å². The van der Waals surface area contributed by atoms with Gasteiger partial charge in [-0.15, -0.1) is 0 Å². The fourth-order valence-electron chi connectivity index (χ4n) is 8.93. The molecule has 4 aliphatic rings. The van der Waals surface area contributed by atoms with Crippen molar-refractivity contribution in [3.05, 3.63) is 11.6 Å². The molecule has 0 aliphatic heterocycles. The Morgan fingerprint density at radius 2 is 1.41 bits per heavy atom. The molecule has 4 aliphatic carbocycles. The van der Waals surface area contributed by atoms with Gasteiger partial charge in [0.15, 0.2) is 0 Å². The molecule has 4 rings (SSSR count). The van der Waals surface area contributed by atoms with Gasteiger partial charge in [-0.2, -0.15) is 0 Å². The Labute approximate surface area is 246 Å². The zero-order valence-corrected chi connectivity index (χ0v) is 26.5. The summed E-state index contributed by atoms with van der Waals surface area (Å²) in [6.45, 7) is 12.6. The third kappa shape index (κ3) is 5.07. The molecule has 3 fully saturated rings. The van der Waals surface area contributed by atoms with Crippen molar-refractivity contribution in [2.75, 3.05) is 0 Å². The van der Waals surface area contributed by atoms with Gasteiger partial charge < -0.3 is 5.11 Å². The molecule has 222 valence electrons. The Kier molecular flexibility index (Phi) is 8.85. The topological polar surface area (TPSA) is 163 Å². The van der Waals surface area contributed by atoms with Gasteiger partial charge in [0.05, 0.1) is 6.10 Å². The summed E-state index contributed by atoms with van der Waals surface area (Å²) >= 11 is 0. The van der Waals surface area contributed by atoms with E-state index >= 15 is 0 Å². The average molecular weight is 599 g/mol. The van der Waals surface area contributed by atoms with Crippen molar-refractivity contribution in [3.8, 4) is 29.8 Å². The molecule has 0 aromatic carbocycles. The van der Waals surface area contributed by atoms with E-state index in [0.29, 0.717) is 10.8 Å². The van der Waals surface area contributed by atoms with E-state index in [1.54, 1.807) is 5.57 Å². The van der Waals surface area contributed by atoms with Crippen LogP contribution in [0.4, 0.5) is 0 Å². The molecule has 0 aromatic rings. The minimum atomic E-state index is -6.17. The van der Waals surface area contributed by atoms with Crippen molar-refractivity contribution < 1.29 is 15.8 Å². The van der Waals surface area contributed by atoms with E-state index in [1.165, 1.54) is 57.8 Å². The second-order valence-electron chi connectivity index (χ2n) is 14.0. The van der Waals surface area contributed by atoms with Crippen LogP contribution in [0.5, 0.6) is 0 Å². The summed E-state index contributed by atoms with van der Waals surface area (Å²) in [6, 6.07) is 0. The molecule has 0 spiro atoms. The van der Waals surface area contributed by atoms with Crippen LogP contribution in [0.3, 0.4) is 0 Å². The first kappa shape index (κ1) is 32.7. The molecule has 7 nitrogen and oxygen atoms in total. The molecule has 1 N–H and O–H groups in total. The van der Waals surface area contributed by atoms with E-state index in [1.807, 2.05) is 0 Å².